The zero-order valence-corrected chi connectivity index (χ0v) is 14.7. The van der Waals surface area contributed by atoms with E-state index in [1.165, 1.54) is 6.07 Å². The van der Waals surface area contributed by atoms with E-state index in [0.29, 0.717) is 19.5 Å². The van der Waals surface area contributed by atoms with Gasteiger partial charge in [-0.2, -0.15) is 0 Å². The average Bonchev–Trinajstić information content (AvgIpc) is 2.47. The quantitative estimate of drug-likeness (QED) is 0.669. The Hall–Kier alpha value is -1.11. The smallest absolute Gasteiger partial charge is 0.252 e. The first-order valence-electron chi connectivity index (χ1n) is 7.33. The lowest BCUT2D eigenvalue weighted by molar-refractivity contribution is 0.0950. The molecule has 1 amide bonds. The third-order valence-corrected chi connectivity index (χ3v) is 4.93. The summed E-state index contributed by atoms with van der Waals surface area (Å²) >= 11 is 0. The number of rotatable bonds is 9. The molecule has 0 aliphatic heterocycles. The molecule has 1 aromatic carbocycles. The first kappa shape index (κ1) is 20.9. The summed E-state index contributed by atoms with van der Waals surface area (Å²) in [6, 6.07) is 6.37. The summed E-state index contributed by atoms with van der Waals surface area (Å²) in [6.45, 7) is 5.92. The van der Waals surface area contributed by atoms with Crippen LogP contribution < -0.4 is 10.6 Å². The van der Waals surface area contributed by atoms with Crippen molar-refractivity contribution in [3.63, 3.8) is 0 Å². The highest BCUT2D eigenvalue weighted by Crippen LogP contribution is 2.17. The second kappa shape index (κ2) is 10.6. The van der Waals surface area contributed by atoms with Crippen LogP contribution in [0.25, 0.3) is 0 Å². The minimum absolute atomic E-state index is 0. The SMILES string of the molecule is CCCNCCNC(=O)c1ccccc1S(=O)(=O)CCC.Cl. The lowest BCUT2D eigenvalue weighted by Crippen LogP contribution is -2.32. The highest BCUT2D eigenvalue weighted by molar-refractivity contribution is 7.91. The molecule has 0 spiro atoms. The summed E-state index contributed by atoms with van der Waals surface area (Å²) < 4.78 is 24.4. The van der Waals surface area contributed by atoms with E-state index < -0.39 is 9.84 Å². The number of amides is 1. The van der Waals surface area contributed by atoms with E-state index in [1.807, 2.05) is 0 Å². The van der Waals surface area contributed by atoms with Gasteiger partial charge in [-0.1, -0.05) is 26.0 Å². The fraction of sp³-hybridized carbons (Fsp3) is 0.533. The van der Waals surface area contributed by atoms with E-state index in [4.69, 9.17) is 0 Å². The van der Waals surface area contributed by atoms with Crippen molar-refractivity contribution < 1.29 is 13.2 Å². The van der Waals surface area contributed by atoms with Crippen molar-refractivity contribution in [3.05, 3.63) is 29.8 Å². The molecule has 0 aliphatic carbocycles. The second-order valence-electron chi connectivity index (χ2n) is 4.82. The summed E-state index contributed by atoms with van der Waals surface area (Å²) in [4.78, 5) is 12.3. The minimum Gasteiger partial charge on any atom is -0.351 e. The highest BCUT2D eigenvalue weighted by atomic mass is 35.5. The molecular weight excluding hydrogens is 324 g/mol. The van der Waals surface area contributed by atoms with Crippen LogP contribution in [-0.4, -0.2) is 39.7 Å². The Morgan fingerprint density at radius 2 is 1.73 bits per heavy atom. The standard InChI is InChI=1S/C15H24N2O3S.ClH/c1-3-9-16-10-11-17-15(18)13-7-5-6-8-14(13)21(19,20)12-4-2;/h5-8,16H,3-4,9-12H2,1-2H3,(H,17,18);1H. The molecular formula is C15H25ClN2O3S. The topological polar surface area (TPSA) is 75.3 Å². The van der Waals surface area contributed by atoms with Gasteiger partial charge < -0.3 is 10.6 Å². The Kier molecular flexibility index (Phi) is 10.1. The van der Waals surface area contributed by atoms with E-state index in [0.717, 1.165) is 13.0 Å². The largest absolute Gasteiger partial charge is 0.351 e. The van der Waals surface area contributed by atoms with Crippen LogP contribution >= 0.6 is 12.4 Å². The Bertz CT molecular complexity index is 562. The first-order chi connectivity index (χ1) is 10.0. The Labute approximate surface area is 139 Å². The number of carbonyl (C=O) groups excluding carboxylic acids is 1. The molecule has 22 heavy (non-hydrogen) atoms. The maximum Gasteiger partial charge on any atom is 0.252 e. The zero-order valence-electron chi connectivity index (χ0n) is 13.1. The molecule has 0 radical (unpaired) electrons. The molecule has 0 saturated carbocycles. The van der Waals surface area contributed by atoms with Crippen LogP contribution in [0.15, 0.2) is 29.2 Å². The molecule has 0 atom stereocenters. The molecule has 0 aromatic heterocycles. The number of sulfone groups is 1. The van der Waals surface area contributed by atoms with E-state index in [-0.39, 0.29) is 34.5 Å². The van der Waals surface area contributed by atoms with Crippen LogP contribution in [0.4, 0.5) is 0 Å². The van der Waals surface area contributed by atoms with Crippen LogP contribution in [0, 0.1) is 0 Å². The van der Waals surface area contributed by atoms with Crippen molar-refractivity contribution in [2.24, 2.45) is 0 Å². The number of halogens is 1. The van der Waals surface area contributed by atoms with E-state index in [1.54, 1.807) is 25.1 Å². The molecule has 0 heterocycles. The second-order valence-corrected chi connectivity index (χ2v) is 6.90. The number of nitrogens with one attached hydrogen (secondary N) is 2. The number of hydrogen-bond donors (Lipinski definition) is 2. The first-order valence-corrected chi connectivity index (χ1v) is 8.98. The van der Waals surface area contributed by atoms with Crippen LogP contribution in [-0.2, 0) is 9.84 Å². The molecule has 0 aliphatic rings. The third kappa shape index (κ3) is 6.34. The van der Waals surface area contributed by atoms with Gasteiger partial charge >= 0.3 is 0 Å². The average molecular weight is 349 g/mol. The number of benzene rings is 1. The van der Waals surface area contributed by atoms with E-state index in [2.05, 4.69) is 17.6 Å². The van der Waals surface area contributed by atoms with E-state index >= 15 is 0 Å². The molecule has 7 heteroatoms. The molecule has 1 aromatic rings. The van der Waals surface area contributed by atoms with Crippen molar-refractivity contribution in [2.75, 3.05) is 25.4 Å². The third-order valence-electron chi connectivity index (χ3n) is 2.95. The number of carbonyl (C=O) groups is 1. The van der Waals surface area contributed by atoms with Crippen LogP contribution in [0.1, 0.15) is 37.0 Å². The van der Waals surface area contributed by atoms with Crippen molar-refractivity contribution in [2.45, 2.75) is 31.6 Å². The van der Waals surface area contributed by atoms with Crippen molar-refractivity contribution >= 4 is 28.2 Å². The summed E-state index contributed by atoms with van der Waals surface area (Å²) in [5.74, 6) is -0.293. The van der Waals surface area contributed by atoms with Gasteiger partial charge in [0.25, 0.3) is 5.91 Å². The summed E-state index contributed by atoms with van der Waals surface area (Å²) in [5.41, 5.74) is 0.224. The maximum absolute atomic E-state index is 12.2. The monoisotopic (exact) mass is 348 g/mol. The molecule has 5 nitrogen and oxygen atoms in total. The predicted octanol–water partition coefficient (Wildman–Crippen LogP) is 2.02. The fourth-order valence-electron chi connectivity index (χ4n) is 1.97. The number of hydrogen-bond acceptors (Lipinski definition) is 4. The zero-order chi connectivity index (χ0) is 15.7. The molecule has 0 saturated heterocycles. The molecule has 126 valence electrons. The Morgan fingerprint density at radius 3 is 2.36 bits per heavy atom. The van der Waals surface area contributed by atoms with Gasteiger partial charge in [0.05, 0.1) is 16.2 Å². The van der Waals surface area contributed by atoms with Gasteiger partial charge in [0.2, 0.25) is 0 Å². The van der Waals surface area contributed by atoms with Gasteiger partial charge in [-0.3, -0.25) is 4.79 Å². The summed E-state index contributed by atoms with van der Waals surface area (Å²) in [6.07, 6.45) is 1.56. The van der Waals surface area contributed by atoms with Crippen LogP contribution in [0.2, 0.25) is 0 Å². The van der Waals surface area contributed by atoms with Crippen molar-refractivity contribution in [3.8, 4) is 0 Å². The van der Waals surface area contributed by atoms with Gasteiger partial charge in [0.15, 0.2) is 9.84 Å². The molecule has 2 N–H and O–H groups in total. The predicted molar refractivity (Wildman–Crippen MR) is 91.5 cm³/mol. The molecule has 0 unspecified atom stereocenters. The minimum atomic E-state index is -3.40. The Morgan fingerprint density at radius 1 is 1.05 bits per heavy atom. The van der Waals surface area contributed by atoms with Crippen LogP contribution in [0.3, 0.4) is 0 Å². The summed E-state index contributed by atoms with van der Waals surface area (Å²) in [7, 11) is -3.40. The van der Waals surface area contributed by atoms with Gasteiger partial charge in [0.1, 0.15) is 0 Å². The molecule has 0 fully saturated rings. The van der Waals surface area contributed by atoms with Gasteiger partial charge in [-0.15, -0.1) is 12.4 Å². The van der Waals surface area contributed by atoms with Crippen LogP contribution in [0.5, 0.6) is 0 Å². The van der Waals surface area contributed by atoms with E-state index in [9.17, 15) is 13.2 Å². The lowest BCUT2D eigenvalue weighted by atomic mass is 10.2. The van der Waals surface area contributed by atoms with Gasteiger partial charge in [0, 0.05) is 13.1 Å². The highest BCUT2D eigenvalue weighted by Gasteiger charge is 2.20. The molecule has 1 rings (SSSR count). The molecule has 0 bridgehead atoms. The fourth-order valence-corrected chi connectivity index (χ4v) is 3.50. The van der Waals surface area contributed by atoms with Crippen molar-refractivity contribution in [1.29, 1.82) is 0 Å². The Balaban J connectivity index is 0.00000441. The normalized spacial score (nSPS) is 10.8. The lowest BCUT2D eigenvalue weighted by Gasteiger charge is -2.10. The van der Waals surface area contributed by atoms with Crippen molar-refractivity contribution in [1.82, 2.24) is 10.6 Å². The van der Waals surface area contributed by atoms with Gasteiger partial charge in [-0.25, -0.2) is 8.42 Å². The maximum atomic E-state index is 12.2. The van der Waals surface area contributed by atoms with Gasteiger partial charge in [-0.05, 0) is 31.5 Å². The summed E-state index contributed by atoms with van der Waals surface area (Å²) in [5, 5.41) is 5.92.